The monoisotopic (exact) mass is 144 g/mol. The summed E-state index contributed by atoms with van der Waals surface area (Å²) in [4.78, 5) is 3.81. The average Bonchev–Trinajstić information content (AvgIpc) is 2.36. The first kappa shape index (κ1) is 7.14. The van der Waals surface area contributed by atoms with Crippen molar-refractivity contribution < 1.29 is 4.39 Å². The lowest BCUT2D eigenvalue weighted by atomic mass is 10.6. The van der Waals surface area contributed by atoms with Gasteiger partial charge in [0.1, 0.15) is 18.8 Å². The average molecular weight is 144 g/mol. The molecule has 1 rings (SSSR count). The minimum absolute atomic E-state index is 0.243. The first-order valence-corrected chi connectivity index (χ1v) is 3.01. The smallest absolute Gasteiger partial charge is 0.140 e. The van der Waals surface area contributed by atoms with Gasteiger partial charge in [-0.05, 0) is 0 Å². The molecule has 0 aliphatic rings. The third kappa shape index (κ3) is 1.30. The van der Waals surface area contributed by atoms with Crippen LogP contribution in [0.3, 0.4) is 0 Å². The molecule has 1 aromatic rings. The fourth-order valence-corrected chi connectivity index (χ4v) is 0.713. The minimum Gasteiger partial charge on any atom is -0.324 e. The number of halogens is 1. The molecule has 0 radical (unpaired) electrons. The number of nitrogens with two attached hydrogens (primary N) is 1. The molecule has 5 heteroatoms. The third-order valence-electron chi connectivity index (χ3n) is 1.17. The van der Waals surface area contributed by atoms with Crippen LogP contribution >= 0.6 is 0 Å². The summed E-state index contributed by atoms with van der Waals surface area (Å²) in [5.41, 5.74) is 5.28. The Morgan fingerprint density at radius 2 is 2.50 bits per heavy atom. The summed E-state index contributed by atoms with van der Waals surface area (Å²) in [7, 11) is 0. The topological polar surface area (TPSA) is 56.7 Å². The van der Waals surface area contributed by atoms with Crippen LogP contribution in [0.5, 0.6) is 0 Å². The van der Waals surface area contributed by atoms with E-state index in [1.807, 2.05) is 0 Å². The van der Waals surface area contributed by atoms with Gasteiger partial charge in [-0.25, -0.2) is 14.1 Å². The van der Waals surface area contributed by atoms with Gasteiger partial charge in [-0.2, -0.15) is 5.10 Å². The number of alkyl halides is 1. The second-order valence-corrected chi connectivity index (χ2v) is 1.79. The highest BCUT2D eigenvalue weighted by Gasteiger charge is 1.99. The van der Waals surface area contributed by atoms with Crippen LogP contribution < -0.4 is 5.73 Å². The zero-order valence-electron chi connectivity index (χ0n) is 5.50. The predicted molar refractivity (Wildman–Crippen MR) is 33.9 cm³/mol. The van der Waals surface area contributed by atoms with E-state index in [1.54, 1.807) is 0 Å². The highest BCUT2D eigenvalue weighted by molar-refractivity contribution is 4.81. The summed E-state index contributed by atoms with van der Waals surface area (Å²) >= 11 is 0. The Morgan fingerprint density at radius 3 is 3.10 bits per heavy atom. The van der Waals surface area contributed by atoms with Crippen molar-refractivity contribution in [3.63, 3.8) is 0 Å². The highest BCUT2D eigenvalue weighted by Crippen LogP contribution is 1.91. The summed E-state index contributed by atoms with van der Waals surface area (Å²) in [6.07, 6.45) is 1.37. The van der Waals surface area contributed by atoms with Gasteiger partial charge in [0.2, 0.25) is 0 Å². The molecule has 0 bridgehead atoms. The Morgan fingerprint density at radius 1 is 1.70 bits per heavy atom. The van der Waals surface area contributed by atoms with Gasteiger partial charge in [-0.3, -0.25) is 0 Å². The lowest BCUT2D eigenvalue weighted by Gasteiger charge is -1.98. The molecule has 56 valence electrons. The van der Waals surface area contributed by atoms with Gasteiger partial charge in [0.05, 0.1) is 13.1 Å². The van der Waals surface area contributed by atoms with Crippen molar-refractivity contribution in [3.8, 4) is 0 Å². The van der Waals surface area contributed by atoms with E-state index in [-0.39, 0.29) is 6.54 Å². The molecule has 0 aromatic carbocycles. The first-order valence-electron chi connectivity index (χ1n) is 3.01. The van der Waals surface area contributed by atoms with E-state index in [0.29, 0.717) is 12.4 Å². The molecule has 1 heterocycles. The van der Waals surface area contributed by atoms with Gasteiger partial charge in [-0.15, -0.1) is 0 Å². The van der Waals surface area contributed by atoms with Gasteiger partial charge in [0, 0.05) is 0 Å². The molecule has 4 nitrogen and oxygen atoms in total. The number of rotatable bonds is 3. The zero-order valence-corrected chi connectivity index (χ0v) is 5.50. The van der Waals surface area contributed by atoms with Crippen LogP contribution in [0.25, 0.3) is 0 Å². The molecular weight excluding hydrogens is 135 g/mol. The summed E-state index contributed by atoms with van der Waals surface area (Å²) < 4.78 is 13.2. The van der Waals surface area contributed by atoms with E-state index < -0.39 is 6.67 Å². The van der Waals surface area contributed by atoms with Crippen molar-refractivity contribution in [2.45, 2.75) is 13.1 Å². The van der Waals surface area contributed by atoms with E-state index in [9.17, 15) is 4.39 Å². The van der Waals surface area contributed by atoms with E-state index in [0.717, 1.165) is 0 Å². The quantitative estimate of drug-likeness (QED) is 0.634. The SMILES string of the molecule is NCc1ncnn1CCF. The number of aromatic nitrogens is 3. The fraction of sp³-hybridized carbons (Fsp3) is 0.600. The molecule has 0 aliphatic carbocycles. The van der Waals surface area contributed by atoms with Gasteiger partial charge in [0.25, 0.3) is 0 Å². The molecule has 0 saturated carbocycles. The van der Waals surface area contributed by atoms with Crippen molar-refractivity contribution in [1.82, 2.24) is 14.8 Å². The van der Waals surface area contributed by atoms with Crippen LogP contribution in [-0.4, -0.2) is 21.4 Å². The van der Waals surface area contributed by atoms with Crippen LogP contribution in [0.1, 0.15) is 5.82 Å². The van der Waals surface area contributed by atoms with Gasteiger partial charge < -0.3 is 5.73 Å². The highest BCUT2D eigenvalue weighted by atomic mass is 19.1. The van der Waals surface area contributed by atoms with Crippen molar-refractivity contribution >= 4 is 0 Å². The molecule has 0 unspecified atom stereocenters. The Labute approximate surface area is 57.9 Å². The molecule has 10 heavy (non-hydrogen) atoms. The van der Waals surface area contributed by atoms with Crippen LogP contribution in [0.4, 0.5) is 4.39 Å². The predicted octanol–water partition coefficient (Wildman–Crippen LogP) is -0.294. The first-order chi connectivity index (χ1) is 4.88. The van der Waals surface area contributed by atoms with Gasteiger partial charge >= 0.3 is 0 Å². The van der Waals surface area contributed by atoms with Crippen LogP contribution in [0.2, 0.25) is 0 Å². The molecule has 0 fully saturated rings. The lowest BCUT2D eigenvalue weighted by Crippen LogP contribution is -2.10. The Hall–Kier alpha value is -0.970. The van der Waals surface area contributed by atoms with E-state index in [1.165, 1.54) is 11.0 Å². The molecule has 0 saturated heterocycles. The molecule has 0 atom stereocenters. The maximum Gasteiger partial charge on any atom is 0.140 e. The molecular formula is C5H9FN4. The zero-order chi connectivity index (χ0) is 7.40. The summed E-state index contributed by atoms with van der Waals surface area (Å²) in [5.74, 6) is 0.623. The normalized spacial score (nSPS) is 10.2. The van der Waals surface area contributed by atoms with E-state index in [4.69, 9.17) is 5.73 Å². The molecule has 0 spiro atoms. The number of hydrogen-bond acceptors (Lipinski definition) is 3. The maximum absolute atomic E-state index is 11.7. The second kappa shape index (κ2) is 3.26. The van der Waals surface area contributed by atoms with Crippen LogP contribution in [0, 0.1) is 0 Å². The molecule has 0 amide bonds. The second-order valence-electron chi connectivity index (χ2n) is 1.79. The number of aryl methyl sites for hydroxylation is 1. The van der Waals surface area contributed by atoms with Crippen molar-refractivity contribution in [2.75, 3.05) is 6.67 Å². The molecule has 2 N–H and O–H groups in total. The third-order valence-corrected chi connectivity index (χ3v) is 1.17. The number of hydrogen-bond donors (Lipinski definition) is 1. The molecule has 1 aromatic heterocycles. The summed E-state index contributed by atoms with van der Waals surface area (Å²) in [6, 6.07) is 0. The van der Waals surface area contributed by atoms with Crippen molar-refractivity contribution in [3.05, 3.63) is 12.2 Å². The van der Waals surface area contributed by atoms with E-state index in [2.05, 4.69) is 10.1 Å². The Balaban J connectivity index is 2.70. The molecule has 0 aliphatic heterocycles. The summed E-state index contributed by atoms with van der Waals surface area (Å²) in [5, 5.41) is 3.76. The maximum atomic E-state index is 11.7. The minimum atomic E-state index is -0.434. The van der Waals surface area contributed by atoms with Gasteiger partial charge in [-0.1, -0.05) is 0 Å². The van der Waals surface area contributed by atoms with Crippen LogP contribution in [0.15, 0.2) is 6.33 Å². The standard InChI is InChI=1S/C5H9FN4/c6-1-2-10-5(3-7)8-4-9-10/h4H,1-3,7H2. The fourth-order valence-electron chi connectivity index (χ4n) is 0.713. The lowest BCUT2D eigenvalue weighted by molar-refractivity contribution is 0.419. The Bertz CT molecular complexity index is 197. The van der Waals surface area contributed by atoms with Crippen molar-refractivity contribution in [2.24, 2.45) is 5.73 Å². The van der Waals surface area contributed by atoms with Crippen molar-refractivity contribution in [1.29, 1.82) is 0 Å². The van der Waals surface area contributed by atoms with Crippen LogP contribution in [-0.2, 0) is 13.1 Å². The number of nitrogens with zero attached hydrogens (tertiary/aromatic N) is 3. The summed E-state index contributed by atoms with van der Waals surface area (Å²) in [6.45, 7) is 0.114. The largest absolute Gasteiger partial charge is 0.324 e. The van der Waals surface area contributed by atoms with Gasteiger partial charge in [0.15, 0.2) is 0 Å². The van der Waals surface area contributed by atoms with E-state index >= 15 is 0 Å². The Kier molecular flexibility index (Phi) is 2.33.